The minimum absolute atomic E-state index is 0.116. The average molecular weight is 402 g/mol. The van der Waals surface area contributed by atoms with Crippen LogP contribution >= 0.6 is 0 Å². The van der Waals surface area contributed by atoms with Crippen molar-refractivity contribution in [3.05, 3.63) is 62.3 Å². The predicted molar refractivity (Wildman–Crippen MR) is 105 cm³/mol. The van der Waals surface area contributed by atoms with E-state index in [9.17, 15) is 18.8 Å². The molecule has 0 aliphatic heterocycles. The molecule has 2 heterocycles. The largest absolute Gasteiger partial charge is 0.457 e. The number of aromatic nitrogens is 4. The van der Waals surface area contributed by atoms with Crippen molar-refractivity contribution >= 4 is 17.1 Å². The third-order valence-electron chi connectivity index (χ3n) is 4.73. The number of unbranched alkanes of at least 4 members (excludes halogenated alkanes) is 1. The molecule has 154 valence electrons. The molecule has 0 atom stereocenters. The van der Waals surface area contributed by atoms with Gasteiger partial charge in [0.05, 0.1) is 0 Å². The molecule has 0 aliphatic rings. The smallest absolute Gasteiger partial charge is 0.330 e. The van der Waals surface area contributed by atoms with E-state index in [1.807, 2.05) is 6.92 Å². The monoisotopic (exact) mass is 402 g/mol. The number of H-pyrrole nitrogens is 1. The Morgan fingerprint density at radius 3 is 2.66 bits per heavy atom. The molecule has 8 nitrogen and oxygen atoms in total. The average Bonchev–Trinajstić information content (AvgIpc) is 3.02. The molecule has 0 unspecified atom stereocenters. The fourth-order valence-corrected chi connectivity index (χ4v) is 3.06. The van der Waals surface area contributed by atoms with Gasteiger partial charge in [0.25, 0.3) is 5.56 Å². The summed E-state index contributed by atoms with van der Waals surface area (Å²) in [5, 5.41) is 0. The van der Waals surface area contributed by atoms with Crippen molar-refractivity contribution in [1.29, 1.82) is 0 Å². The number of hydrogen-bond acceptors (Lipinski definition) is 5. The van der Waals surface area contributed by atoms with Crippen molar-refractivity contribution in [2.24, 2.45) is 7.05 Å². The second-order valence-electron chi connectivity index (χ2n) is 6.81. The number of aromatic amines is 1. The molecular weight excluding hydrogens is 379 g/mol. The molecule has 3 aromatic rings. The molecule has 0 radical (unpaired) electrons. The van der Waals surface area contributed by atoms with E-state index in [0.29, 0.717) is 18.8 Å². The summed E-state index contributed by atoms with van der Waals surface area (Å²) in [5.74, 6) is -0.388. The molecule has 2 aromatic heterocycles. The van der Waals surface area contributed by atoms with Gasteiger partial charge in [-0.1, -0.05) is 25.5 Å². The topological polar surface area (TPSA) is 99.0 Å². The molecule has 0 saturated carbocycles. The second-order valence-corrected chi connectivity index (χ2v) is 6.81. The minimum Gasteiger partial charge on any atom is -0.457 e. The lowest BCUT2D eigenvalue weighted by molar-refractivity contribution is -0.145. The first-order valence-electron chi connectivity index (χ1n) is 9.49. The van der Waals surface area contributed by atoms with Gasteiger partial charge in [-0.25, -0.2) is 14.2 Å². The maximum Gasteiger partial charge on any atom is 0.330 e. The first-order valence-corrected chi connectivity index (χ1v) is 9.49. The zero-order valence-corrected chi connectivity index (χ0v) is 16.4. The molecule has 1 aromatic carbocycles. The summed E-state index contributed by atoms with van der Waals surface area (Å²) in [5.41, 5.74) is 0.348. The van der Waals surface area contributed by atoms with Crippen molar-refractivity contribution in [2.75, 3.05) is 0 Å². The summed E-state index contributed by atoms with van der Waals surface area (Å²) in [6.45, 7) is 2.33. The van der Waals surface area contributed by atoms with Gasteiger partial charge < -0.3 is 9.30 Å². The van der Waals surface area contributed by atoms with E-state index >= 15 is 0 Å². The Hall–Kier alpha value is -3.23. The van der Waals surface area contributed by atoms with Crippen LogP contribution in [0.1, 0.15) is 37.6 Å². The Labute approximate surface area is 166 Å². The number of carbonyl (C=O) groups excluding carboxylic acids is 1. The van der Waals surface area contributed by atoms with Crippen LogP contribution in [0.15, 0.2) is 33.9 Å². The lowest BCUT2D eigenvalue weighted by atomic mass is 10.1. The van der Waals surface area contributed by atoms with Gasteiger partial charge in [-0.2, -0.15) is 0 Å². The van der Waals surface area contributed by atoms with E-state index in [1.54, 1.807) is 19.2 Å². The van der Waals surface area contributed by atoms with Crippen molar-refractivity contribution < 1.29 is 13.9 Å². The number of nitrogens with one attached hydrogen (secondary N) is 1. The van der Waals surface area contributed by atoms with Gasteiger partial charge >= 0.3 is 11.7 Å². The van der Waals surface area contributed by atoms with Crippen LogP contribution in [0.3, 0.4) is 0 Å². The highest BCUT2D eigenvalue weighted by atomic mass is 19.1. The fourth-order valence-electron chi connectivity index (χ4n) is 3.06. The van der Waals surface area contributed by atoms with Gasteiger partial charge in [0.1, 0.15) is 18.2 Å². The summed E-state index contributed by atoms with van der Waals surface area (Å²) in [6.07, 6.45) is 2.22. The van der Waals surface area contributed by atoms with E-state index in [-0.39, 0.29) is 30.0 Å². The number of carbonyl (C=O) groups is 1. The van der Waals surface area contributed by atoms with E-state index < -0.39 is 17.2 Å². The van der Waals surface area contributed by atoms with Crippen molar-refractivity contribution in [2.45, 2.75) is 45.8 Å². The van der Waals surface area contributed by atoms with E-state index in [1.165, 1.54) is 21.3 Å². The highest BCUT2D eigenvalue weighted by molar-refractivity contribution is 5.71. The van der Waals surface area contributed by atoms with Gasteiger partial charge in [0, 0.05) is 20.0 Å². The standard InChI is InChI=1S/C20H23FN4O4/c1-3-4-11-25-18-17(19(27)23-20(25)28)24(2)15(22-18)12-29-16(26)10-7-13-5-8-14(21)9-6-13/h5-6,8-9H,3-4,7,10-12H2,1-2H3,(H,23,27,28). The lowest BCUT2D eigenvalue weighted by Gasteiger charge is -2.05. The Balaban J connectivity index is 1.72. The SMILES string of the molecule is CCCCn1c(=O)[nH]c(=O)c2c1nc(COC(=O)CCc1ccc(F)cc1)n2C. The summed E-state index contributed by atoms with van der Waals surface area (Å²) in [7, 11) is 1.64. The number of benzene rings is 1. The molecule has 0 bridgehead atoms. The maximum absolute atomic E-state index is 12.9. The van der Waals surface area contributed by atoms with Crippen LogP contribution in [-0.2, 0) is 36.2 Å². The zero-order chi connectivity index (χ0) is 21.0. The van der Waals surface area contributed by atoms with E-state index in [0.717, 1.165) is 18.4 Å². The van der Waals surface area contributed by atoms with Crippen LogP contribution in [0.5, 0.6) is 0 Å². The molecular formula is C20H23FN4O4. The second kappa shape index (κ2) is 8.85. The fraction of sp³-hybridized carbons (Fsp3) is 0.400. The number of ether oxygens (including phenoxy) is 1. The molecule has 9 heteroatoms. The number of nitrogens with zero attached hydrogens (tertiary/aromatic N) is 3. The van der Waals surface area contributed by atoms with Crippen LogP contribution < -0.4 is 11.2 Å². The summed E-state index contributed by atoms with van der Waals surface area (Å²) in [4.78, 5) is 43.1. The number of imidazole rings is 1. The molecule has 29 heavy (non-hydrogen) atoms. The highest BCUT2D eigenvalue weighted by Gasteiger charge is 2.17. The molecule has 0 fully saturated rings. The van der Waals surface area contributed by atoms with Crippen LogP contribution in [0.2, 0.25) is 0 Å². The first-order chi connectivity index (χ1) is 13.9. The normalized spacial score (nSPS) is 11.1. The molecule has 0 amide bonds. The number of fused-ring (bicyclic) bond motifs is 1. The Bertz CT molecular complexity index is 1130. The number of hydrogen-bond donors (Lipinski definition) is 1. The Morgan fingerprint density at radius 1 is 1.24 bits per heavy atom. The minimum atomic E-state index is -0.526. The summed E-state index contributed by atoms with van der Waals surface area (Å²) in [6, 6.07) is 5.93. The quantitative estimate of drug-likeness (QED) is 0.582. The van der Waals surface area contributed by atoms with Crippen molar-refractivity contribution in [3.63, 3.8) is 0 Å². The van der Waals surface area contributed by atoms with Gasteiger partial charge in [0.15, 0.2) is 11.2 Å². The lowest BCUT2D eigenvalue weighted by Crippen LogP contribution is -2.31. The van der Waals surface area contributed by atoms with Gasteiger partial charge in [-0.3, -0.25) is 19.1 Å². The number of aryl methyl sites for hydroxylation is 3. The summed E-state index contributed by atoms with van der Waals surface area (Å²) < 4.78 is 21.2. The Kier molecular flexibility index (Phi) is 6.26. The maximum atomic E-state index is 12.9. The van der Waals surface area contributed by atoms with E-state index in [2.05, 4.69) is 9.97 Å². The summed E-state index contributed by atoms with van der Waals surface area (Å²) >= 11 is 0. The Morgan fingerprint density at radius 2 is 1.97 bits per heavy atom. The predicted octanol–water partition coefficient (Wildman–Crippen LogP) is 2.04. The first kappa shape index (κ1) is 20.5. The van der Waals surface area contributed by atoms with Crippen LogP contribution in [0.25, 0.3) is 11.2 Å². The zero-order valence-electron chi connectivity index (χ0n) is 16.4. The van der Waals surface area contributed by atoms with E-state index in [4.69, 9.17) is 4.74 Å². The van der Waals surface area contributed by atoms with Gasteiger partial charge in [-0.15, -0.1) is 0 Å². The molecule has 3 rings (SSSR count). The third-order valence-corrected chi connectivity index (χ3v) is 4.73. The van der Waals surface area contributed by atoms with Gasteiger partial charge in [-0.05, 0) is 30.5 Å². The van der Waals surface area contributed by atoms with Crippen molar-refractivity contribution in [1.82, 2.24) is 19.1 Å². The number of esters is 1. The molecule has 0 spiro atoms. The molecule has 1 N–H and O–H groups in total. The number of halogens is 1. The van der Waals surface area contributed by atoms with Crippen molar-refractivity contribution in [3.8, 4) is 0 Å². The van der Waals surface area contributed by atoms with Gasteiger partial charge in [0.2, 0.25) is 0 Å². The highest BCUT2D eigenvalue weighted by Crippen LogP contribution is 2.12. The molecule has 0 saturated heterocycles. The van der Waals surface area contributed by atoms with Crippen LogP contribution in [-0.4, -0.2) is 25.1 Å². The van der Waals surface area contributed by atoms with Crippen LogP contribution in [0.4, 0.5) is 4.39 Å². The number of rotatable bonds is 8. The molecule has 0 aliphatic carbocycles. The van der Waals surface area contributed by atoms with Crippen LogP contribution in [0, 0.1) is 5.82 Å². The third kappa shape index (κ3) is 4.61.